The summed E-state index contributed by atoms with van der Waals surface area (Å²) in [6.45, 7) is 3.34. The van der Waals surface area contributed by atoms with Gasteiger partial charge < -0.3 is 23.8 Å². The van der Waals surface area contributed by atoms with Crippen LogP contribution in [0, 0.1) is 21.4 Å². The van der Waals surface area contributed by atoms with Crippen molar-refractivity contribution in [3.63, 3.8) is 0 Å². The van der Waals surface area contributed by atoms with Gasteiger partial charge in [-0.15, -0.1) is 0 Å². The van der Waals surface area contributed by atoms with Crippen molar-refractivity contribution in [1.82, 2.24) is 0 Å². The molecule has 2 heterocycles. The van der Waals surface area contributed by atoms with Gasteiger partial charge in [0.25, 0.3) is 5.69 Å². The Morgan fingerprint density at radius 3 is 1.76 bits per heavy atom. The number of anilines is 2. The molecule has 4 aromatic carbocycles. The van der Waals surface area contributed by atoms with Gasteiger partial charge in [0.05, 0.1) is 68.6 Å². The predicted molar refractivity (Wildman–Crippen MR) is 188 cm³/mol. The molecule has 270 valence electrons. The molecule has 0 unspecified atom stereocenters. The Hall–Kier alpha value is -7.47. The normalized spacial score (nSPS) is 13.0. The second-order valence-corrected chi connectivity index (χ2v) is 11.8. The van der Waals surface area contributed by atoms with Crippen LogP contribution in [0.15, 0.2) is 72.8 Å². The van der Waals surface area contributed by atoms with Crippen LogP contribution in [0.2, 0.25) is 0 Å². The highest BCUT2D eigenvalue weighted by Gasteiger charge is 2.43. The highest BCUT2D eigenvalue weighted by atomic mass is 16.6. The van der Waals surface area contributed by atoms with E-state index in [2.05, 4.69) is 0 Å². The number of fused-ring (bicyclic) bond motifs is 2. The summed E-state index contributed by atoms with van der Waals surface area (Å²) in [5, 5.41) is 21.9. The van der Waals surface area contributed by atoms with E-state index in [1.54, 1.807) is 50.2 Å². The van der Waals surface area contributed by atoms with Gasteiger partial charge in [0, 0.05) is 11.6 Å². The number of esters is 6. The maximum absolute atomic E-state index is 13.9. The Morgan fingerprint density at radius 2 is 1.30 bits per heavy atom. The number of rotatable bonds is 12. The fourth-order valence-corrected chi connectivity index (χ4v) is 5.94. The molecule has 2 aliphatic rings. The van der Waals surface area contributed by atoms with Crippen LogP contribution in [0.4, 0.5) is 17.1 Å². The van der Waals surface area contributed by atoms with Crippen LogP contribution in [0.3, 0.4) is 0 Å². The summed E-state index contributed by atoms with van der Waals surface area (Å²) in [6.07, 6.45) is 2.26. The summed E-state index contributed by atoms with van der Waals surface area (Å²) in [5.74, 6) is -6.54. The lowest BCUT2D eigenvalue weighted by atomic mass is 9.93. The van der Waals surface area contributed by atoms with Crippen LogP contribution in [0.25, 0.3) is 11.8 Å². The van der Waals surface area contributed by atoms with Crippen molar-refractivity contribution >= 4 is 64.7 Å². The largest absolute Gasteiger partial charge is 0.462 e. The summed E-state index contributed by atoms with van der Waals surface area (Å²) < 4.78 is 21.0. The summed E-state index contributed by atoms with van der Waals surface area (Å²) in [6, 6.07) is 18.4. The summed E-state index contributed by atoms with van der Waals surface area (Å²) in [4.78, 5) is 93.5. The lowest BCUT2D eigenvalue weighted by Crippen LogP contribution is -2.26. The summed E-state index contributed by atoms with van der Waals surface area (Å²) >= 11 is 0. The molecule has 0 saturated carbocycles. The third-order valence-corrected chi connectivity index (χ3v) is 8.29. The molecular weight excluding hydrogens is 702 g/mol. The number of benzene rings is 4. The molecule has 0 bridgehead atoms. The second kappa shape index (κ2) is 15.0. The highest BCUT2D eigenvalue weighted by Crippen LogP contribution is 2.48. The van der Waals surface area contributed by atoms with Gasteiger partial charge in [-0.25, -0.2) is 28.8 Å². The van der Waals surface area contributed by atoms with Crippen LogP contribution < -0.4 is 4.90 Å². The van der Waals surface area contributed by atoms with Gasteiger partial charge in [-0.3, -0.25) is 10.1 Å². The molecule has 0 fully saturated rings. The molecule has 0 aromatic heterocycles. The quantitative estimate of drug-likeness (QED) is 0.0378. The van der Waals surface area contributed by atoms with E-state index >= 15 is 0 Å². The minimum absolute atomic E-state index is 0.0207. The van der Waals surface area contributed by atoms with Crippen molar-refractivity contribution in [3.05, 3.63) is 133 Å². The van der Waals surface area contributed by atoms with Crippen molar-refractivity contribution in [2.24, 2.45) is 0 Å². The minimum atomic E-state index is -1.21. The van der Waals surface area contributed by atoms with E-state index in [0.717, 1.165) is 17.0 Å². The molecule has 0 saturated heterocycles. The molecule has 4 aromatic rings. The lowest BCUT2D eigenvalue weighted by molar-refractivity contribution is -0.385. The van der Waals surface area contributed by atoms with E-state index in [9.17, 15) is 44.1 Å². The summed E-state index contributed by atoms with van der Waals surface area (Å²) in [7, 11) is 0. The van der Waals surface area contributed by atoms with Gasteiger partial charge in [-0.2, -0.15) is 5.26 Å². The molecular formula is C39H27N3O12. The number of nitrogens with zero attached hydrogens (tertiary/aromatic N) is 3. The Kier molecular flexibility index (Phi) is 10.1. The molecule has 0 radical (unpaired) electrons. The monoisotopic (exact) mass is 729 g/mol. The number of carbonyl (C=O) groups is 6. The Labute approximate surface area is 306 Å². The maximum atomic E-state index is 13.9. The molecule has 0 amide bonds. The standard InChI is InChI=1S/C39H27N3O12/c1-3-16-51-34(43)26-13-11-24-30(38(47)53-36(24)45)32(26)41(33-27(35(44)52-17-4-2)14-12-25-31(33)39(48)54-37(25)46)29(18-21-8-6-5-7-9-21)22-10-15-28(42(49)50)23(19-22)20-40/h5-15,18-19H,3-4,16-17H2,1-2H3. The van der Waals surface area contributed by atoms with Crippen molar-refractivity contribution in [1.29, 1.82) is 5.26 Å². The zero-order chi connectivity index (χ0) is 38.7. The van der Waals surface area contributed by atoms with Crippen LogP contribution in [-0.2, 0) is 18.9 Å². The SMILES string of the molecule is CCCOC(=O)c1ccc2c(c1N(C(=Cc1ccccc1)c1ccc([N+](=O)[O-])c(C#N)c1)c1c(C(=O)OCCC)ccc3c1C(=O)OC3=O)C(=O)OC2=O. The zero-order valence-electron chi connectivity index (χ0n) is 28.6. The lowest BCUT2D eigenvalue weighted by Gasteiger charge is -2.33. The number of nitro benzene ring substituents is 1. The smallest absolute Gasteiger partial charge is 0.349 e. The number of hydrogen-bond donors (Lipinski definition) is 0. The Morgan fingerprint density at radius 1 is 0.778 bits per heavy atom. The molecule has 54 heavy (non-hydrogen) atoms. The first-order chi connectivity index (χ1) is 26.0. The van der Waals surface area contributed by atoms with E-state index in [-0.39, 0.29) is 46.7 Å². The van der Waals surface area contributed by atoms with Crippen LogP contribution in [-0.4, -0.2) is 54.0 Å². The van der Waals surface area contributed by atoms with Gasteiger partial charge >= 0.3 is 35.8 Å². The Bertz CT molecular complexity index is 2270. The first-order valence-electron chi connectivity index (χ1n) is 16.5. The van der Waals surface area contributed by atoms with E-state index in [4.69, 9.17) is 18.9 Å². The van der Waals surface area contributed by atoms with Crippen molar-refractivity contribution in [2.75, 3.05) is 18.1 Å². The molecule has 15 nitrogen and oxygen atoms in total. The number of nitriles is 1. The number of ether oxygens (including phenoxy) is 4. The third kappa shape index (κ3) is 6.55. The van der Waals surface area contributed by atoms with Crippen molar-refractivity contribution in [2.45, 2.75) is 26.7 Å². The number of carbonyl (C=O) groups excluding carboxylic acids is 6. The van der Waals surface area contributed by atoms with Gasteiger partial charge in [-0.1, -0.05) is 44.2 Å². The molecule has 0 atom stereocenters. The first kappa shape index (κ1) is 36.3. The molecule has 6 rings (SSSR count). The van der Waals surface area contributed by atoms with Crippen molar-refractivity contribution < 1.29 is 52.6 Å². The highest BCUT2D eigenvalue weighted by molar-refractivity contribution is 6.25. The topological polar surface area (TPSA) is 210 Å². The minimum Gasteiger partial charge on any atom is -0.462 e. The molecule has 0 spiro atoms. The average Bonchev–Trinajstić information content (AvgIpc) is 3.64. The van der Waals surface area contributed by atoms with Crippen LogP contribution in [0.5, 0.6) is 0 Å². The fraction of sp³-hybridized carbons (Fsp3) is 0.154. The van der Waals surface area contributed by atoms with Gasteiger partial charge in [-0.05, 0) is 60.9 Å². The number of cyclic esters (lactones) is 4. The zero-order valence-corrected chi connectivity index (χ0v) is 28.6. The van der Waals surface area contributed by atoms with E-state index in [1.807, 2.05) is 0 Å². The van der Waals surface area contributed by atoms with E-state index in [1.165, 1.54) is 36.4 Å². The second-order valence-electron chi connectivity index (χ2n) is 11.8. The van der Waals surface area contributed by atoms with Gasteiger partial charge in [0.1, 0.15) is 11.6 Å². The van der Waals surface area contributed by atoms with Crippen LogP contribution >= 0.6 is 0 Å². The predicted octanol–water partition coefficient (Wildman–Crippen LogP) is 6.56. The number of hydrogen-bond acceptors (Lipinski definition) is 14. The fourth-order valence-electron chi connectivity index (χ4n) is 5.94. The van der Waals surface area contributed by atoms with Crippen molar-refractivity contribution in [3.8, 4) is 6.07 Å². The van der Waals surface area contributed by atoms with Crippen LogP contribution in [0.1, 0.15) is 106 Å². The molecule has 2 aliphatic heterocycles. The molecule has 15 heteroatoms. The average molecular weight is 730 g/mol. The molecule has 0 N–H and O–H groups in total. The van der Waals surface area contributed by atoms with E-state index < -0.39 is 74.5 Å². The summed E-state index contributed by atoms with van der Waals surface area (Å²) in [5.41, 5.74) is -3.69. The third-order valence-electron chi connectivity index (χ3n) is 8.29. The van der Waals surface area contributed by atoms with Gasteiger partial charge in [0.2, 0.25) is 0 Å². The first-order valence-corrected chi connectivity index (χ1v) is 16.5. The Balaban J connectivity index is 1.85. The number of nitro groups is 1. The van der Waals surface area contributed by atoms with E-state index in [0.29, 0.717) is 18.4 Å². The molecule has 0 aliphatic carbocycles. The maximum Gasteiger partial charge on any atom is 0.349 e. The van der Waals surface area contributed by atoms with Gasteiger partial charge in [0.15, 0.2) is 0 Å².